The van der Waals surface area contributed by atoms with E-state index in [0.717, 1.165) is 22.2 Å². The van der Waals surface area contributed by atoms with E-state index in [-0.39, 0.29) is 5.91 Å². The number of anilines is 1. The number of benzene rings is 1. The normalized spacial score (nSPS) is 10.8. The van der Waals surface area contributed by atoms with Crippen molar-refractivity contribution in [2.45, 2.75) is 27.3 Å². The van der Waals surface area contributed by atoms with Crippen LogP contribution in [0.1, 0.15) is 35.6 Å². The number of hydrogen-bond acceptors (Lipinski definition) is 6. The number of hydrogen-bond donors (Lipinski definition) is 1. The Labute approximate surface area is 209 Å². The Morgan fingerprint density at radius 3 is 2.72 bits per heavy atom. The second-order valence-electron chi connectivity index (χ2n) is 7.82. The fraction of sp³-hybridized carbons (Fsp3) is 0.259. The summed E-state index contributed by atoms with van der Waals surface area (Å²) < 4.78 is 14.3. The van der Waals surface area contributed by atoms with Gasteiger partial charge in [-0.15, -0.1) is 0 Å². The van der Waals surface area contributed by atoms with Crippen LogP contribution < -0.4 is 10.1 Å². The van der Waals surface area contributed by atoms with Gasteiger partial charge < -0.3 is 14.8 Å². The van der Waals surface area contributed by atoms with Crippen LogP contribution in [0.25, 0.3) is 16.6 Å². The number of imidazole rings is 1. The van der Waals surface area contributed by atoms with Crippen molar-refractivity contribution in [1.82, 2.24) is 24.1 Å². The summed E-state index contributed by atoms with van der Waals surface area (Å²) in [5.41, 5.74) is 4.73. The maximum atomic E-state index is 13.1. The molecular formula is C27H30N6O3. The number of ether oxygens (including phenoxy) is 2. The van der Waals surface area contributed by atoms with Gasteiger partial charge in [0.15, 0.2) is 0 Å². The molecule has 0 fully saturated rings. The number of methoxy groups -OCH3 is 1. The molecule has 0 aliphatic carbocycles. The first-order valence-electron chi connectivity index (χ1n) is 11.9. The molecule has 0 spiro atoms. The summed E-state index contributed by atoms with van der Waals surface area (Å²) in [5.74, 6) is 0.409. The lowest BCUT2D eigenvalue weighted by atomic mass is 10.2. The number of amides is 1. The lowest BCUT2D eigenvalue weighted by Crippen LogP contribution is -2.14. The van der Waals surface area contributed by atoms with Gasteiger partial charge in [0.1, 0.15) is 23.7 Å². The van der Waals surface area contributed by atoms with Gasteiger partial charge in [-0.1, -0.05) is 26.0 Å². The lowest BCUT2D eigenvalue weighted by molar-refractivity contribution is 0.102. The summed E-state index contributed by atoms with van der Waals surface area (Å²) in [6, 6.07) is 13.3. The minimum Gasteiger partial charge on any atom is -0.491 e. The van der Waals surface area contributed by atoms with Crippen LogP contribution in [-0.2, 0) is 11.3 Å². The van der Waals surface area contributed by atoms with Crippen LogP contribution >= 0.6 is 0 Å². The third-order valence-corrected chi connectivity index (χ3v) is 5.65. The van der Waals surface area contributed by atoms with Gasteiger partial charge in [-0.25, -0.2) is 4.98 Å². The van der Waals surface area contributed by atoms with Crippen LogP contribution in [0.3, 0.4) is 0 Å². The Morgan fingerprint density at radius 2 is 1.92 bits per heavy atom. The van der Waals surface area contributed by atoms with E-state index < -0.39 is 0 Å². The predicted octanol–water partition coefficient (Wildman–Crippen LogP) is 4.74. The molecule has 0 bridgehead atoms. The molecule has 5 rings (SSSR count). The zero-order valence-electron chi connectivity index (χ0n) is 20.9. The molecule has 1 aromatic carbocycles. The maximum Gasteiger partial charge on any atom is 0.274 e. The number of carbonyl (C=O) groups excluding carboxylic acids is 1. The van der Waals surface area contributed by atoms with Crippen LogP contribution in [0.2, 0.25) is 0 Å². The van der Waals surface area contributed by atoms with E-state index in [4.69, 9.17) is 9.47 Å². The van der Waals surface area contributed by atoms with Crippen molar-refractivity contribution >= 4 is 28.1 Å². The monoisotopic (exact) mass is 486 g/mol. The fourth-order valence-corrected chi connectivity index (χ4v) is 3.83. The van der Waals surface area contributed by atoms with Gasteiger partial charge in [-0.3, -0.25) is 18.9 Å². The Bertz CT molecular complexity index is 1470. The summed E-state index contributed by atoms with van der Waals surface area (Å²) in [5, 5.41) is 8.42. The van der Waals surface area contributed by atoms with Crippen LogP contribution in [0.15, 0.2) is 67.3 Å². The lowest BCUT2D eigenvalue weighted by Gasteiger charge is -2.09. The number of aromatic nitrogens is 5. The van der Waals surface area contributed by atoms with Crippen molar-refractivity contribution in [3.8, 4) is 5.75 Å². The third-order valence-electron chi connectivity index (χ3n) is 5.65. The molecule has 36 heavy (non-hydrogen) atoms. The molecule has 0 atom stereocenters. The first-order chi connectivity index (χ1) is 17.6. The van der Waals surface area contributed by atoms with E-state index in [1.807, 2.05) is 55.8 Å². The number of carbonyl (C=O) groups is 1. The molecule has 4 aromatic heterocycles. The highest BCUT2D eigenvalue weighted by Crippen LogP contribution is 2.25. The molecule has 4 heterocycles. The Hall–Kier alpha value is -4.24. The molecule has 1 amide bonds. The number of nitrogens with one attached hydrogen (secondary N) is 1. The van der Waals surface area contributed by atoms with Gasteiger partial charge in [0.05, 0.1) is 36.7 Å². The average molecular weight is 487 g/mol. The fourth-order valence-electron chi connectivity index (χ4n) is 3.83. The molecule has 0 aliphatic rings. The number of fused-ring (bicyclic) bond motifs is 2. The minimum atomic E-state index is -0.260. The van der Waals surface area contributed by atoms with Crippen molar-refractivity contribution in [2.24, 2.45) is 0 Å². The van der Waals surface area contributed by atoms with Crippen LogP contribution in [0.5, 0.6) is 5.75 Å². The largest absolute Gasteiger partial charge is 0.491 e. The number of pyridine rings is 2. The van der Waals surface area contributed by atoms with E-state index >= 15 is 0 Å². The topological polar surface area (TPSA) is 95.6 Å². The summed E-state index contributed by atoms with van der Waals surface area (Å²) >= 11 is 0. The Balaban J connectivity index is 0.00000148. The smallest absolute Gasteiger partial charge is 0.274 e. The summed E-state index contributed by atoms with van der Waals surface area (Å²) in [6.45, 7) is 7.52. The summed E-state index contributed by atoms with van der Waals surface area (Å²) in [7, 11) is 1.62. The van der Waals surface area contributed by atoms with Gasteiger partial charge in [0, 0.05) is 36.7 Å². The molecule has 0 saturated carbocycles. The van der Waals surface area contributed by atoms with E-state index in [0.29, 0.717) is 42.5 Å². The Morgan fingerprint density at radius 1 is 1.06 bits per heavy atom. The van der Waals surface area contributed by atoms with Crippen molar-refractivity contribution in [3.05, 3.63) is 84.2 Å². The van der Waals surface area contributed by atoms with E-state index in [2.05, 4.69) is 20.4 Å². The molecule has 0 saturated heterocycles. The summed E-state index contributed by atoms with van der Waals surface area (Å²) in [4.78, 5) is 21.8. The van der Waals surface area contributed by atoms with Gasteiger partial charge in [-0.05, 0) is 36.8 Å². The van der Waals surface area contributed by atoms with E-state index in [9.17, 15) is 4.79 Å². The van der Waals surface area contributed by atoms with Crippen LogP contribution in [0, 0.1) is 6.92 Å². The highest BCUT2D eigenvalue weighted by atomic mass is 16.5. The second kappa shape index (κ2) is 11.5. The molecule has 0 radical (unpaired) electrons. The minimum absolute atomic E-state index is 0.260. The zero-order chi connectivity index (χ0) is 25.5. The quantitative estimate of drug-likeness (QED) is 0.318. The van der Waals surface area contributed by atoms with E-state index in [1.165, 1.54) is 0 Å². The highest BCUT2D eigenvalue weighted by Gasteiger charge is 2.16. The van der Waals surface area contributed by atoms with Crippen molar-refractivity contribution in [1.29, 1.82) is 0 Å². The van der Waals surface area contributed by atoms with Crippen molar-refractivity contribution < 1.29 is 14.3 Å². The molecule has 9 heteroatoms. The third kappa shape index (κ3) is 5.21. The molecule has 0 unspecified atom stereocenters. The van der Waals surface area contributed by atoms with Crippen molar-refractivity contribution in [3.63, 3.8) is 0 Å². The second-order valence-corrected chi connectivity index (χ2v) is 7.82. The van der Waals surface area contributed by atoms with Gasteiger partial charge in [0.25, 0.3) is 5.91 Å². The number of rotatable bonds is 8. The maximum absolute atomic E-state index is 13.1. The van der Waals surface area contributed by atoms with Gasteiger partial charge >= 0.3 is 0 Å². The van der Waals surface area contributed by atoms with Gasteiger partial charge in [0.2, 0.25) is 0 Å². The Kier molecular flexibility index (Phi) is 7.92. The first-order valence-corrected chi connectivity index (χ1v) is 11.9. The molecule has 9 nitrogen and oxygen atoms in total. The highest BCUT2D eigenvalue weighted by molar-refractivity contribution is 6.08. The first kappa shape index (κ1) is 24.9. The van der Waals surface area contributed by atoms with Gasteiger partial charge in [-0.2, -0.15) is 5.10 Å². The molecular weight excluding hydrogens is 456 g/mol. The molecule has 186 valence electrons. The standard InChI is InChI=1S/C25H24N6O3.C2H6/c1-17-18(5-4-9-26-17)16-31-22-7-3-6-21(20(22)14-28-31)29-25(32)23-15-27-24-13-19(8-10-30(23)24)34-12-11-33-2;1-2/h3-10,13-15H,11-12,16H2,1-2H3,(H,29,32);1-2H3. The van der Waals surface area contributed by atoms with E-state index in [1.54, 1.807) is 48.4 Å². The van der Waals surface area contributed by atoms with Crippen LogP contribution in [-0.4, -0.2) is 50.4 Å². The average Bonchev–Trinajstić information content (AvgIpc) is 3.51. The molecule has 0 aliphatic heterocycles. The number of nitrogens with zero attached hydrogens (tertiary/aromatic N) is 5. The molecule has 5 aromatic rings. The predicted molar refractivity (Wildman–Crippen MR) is 140 cm³/mol. The van der Waals surface area contributed by atoms with Crippen molar-refractivity contribution in [2.75, 3.05) is 25.6 Å². The zero-order valence-corrected chi connectivity index (χ0v) is 20.9. The number of aryl methyl sites for hydroxylation is 1. The van der Waals surface area contributed by atoms with Crippen LogP contribution in [0.4, 0.5) is 5.69 Å². The summed E-state index contributed by atoms with van der Waals surface area (Å²) in [6.07, 6.45) is 6.88. The molecule has 1 N–H and O–H groups in total. The SMILES string of the molecule is CC.COCCOc1ccn2c(C(=O)Nc3cccc4c3cnn4Cc3cccnc3C)cnc2c1.